The molecule has 0 spiro atoms. The molecule has 0 saturated carbocycles. The van der Waals surface area contributed by atoms with Crippen LogP contribution in [0.2, 0.25) is 5.02 Å². The van der Waals surface area contributed by atoms with Crippen molar-refractivity contribution in [3.63, 3.8) is 0 Å². The van der Waals surface area contributed by atoms with Crippen LogP contribution in [-0.4, -0.2) is 24.9 Å². The van der Waals surface area contributed by atoms with Gasteiger partial charge in [-0.2, -0.15) is 5.10 Å². The lowest BCUT2D eigenvalue weighted by Crippen LogP contribution is -2.34. The predicted octanol–water partition coefficient (Wildman–Crippen LogP) is 5.74. The Labute approximate surface area is 184 Å². The molecule has 3 aromatic rings. The molecular weight excluding hydrogens is 419 g/mol. The molecule has 0 N–H and O–H groups in total. The predicted molar refractivity (Wildman–Crippen MR) is 117 cm³/mol. The van der Waals surface area contributed by atoms with Crippen LogP contribution in [0.5, 0.6) is 17.2 Å². The molecule has 2 unspecified atom stereocenters. The van der Waals surface area contributed by atoms with Gasteiger partial charge in [-0.05, 0) is 48.0 Å². The highest BCUT2D eigenvalue weighted by atomic mass is 35.5. The zero-order valence-electron chi connectivity index (χ0n) is 17.0. The molecule has 0 radical (unpaired) electrons. The molecule has 2 atom stereocenters. The Kier molecular flexibility index (Phi) is 4.94. The van der Waals surface area contributed by atoms with Crippen LogP contribution in [0.1, 0.15) is 35.4 Å². The van der Waals surface area contributed by atoms with E-state index in [1.54, 1.807) is 26.4 Å². The average Bonchev–Trinajstić information content (AvgIpc) is 3.24. The van der Waals surface area contributed by atoms with Gasteiger partial charge < -0.3 is 14.2 Å². The first-order valence-electron chi connectivity index (χ1n) is 9.88. The van der Waals surface area contributed by atoms with E-state index in [-0.39, 0.29) is 11.9 Å². The van der Waals surface area contributed by atoms with Crippen molar-refractivity contribution in [2.75, 3.05) is 14.2 Å². The van der Waals surface area contributed by atoms with E-state index in [1.807, 2.05) is 41.4 Å². The molecule has 0 bridgehead atoms. The van der Waals surface area contributed by atoms with Crippen molar-refractivity contribution in [1.29, 1.82) is 0 Å². The van der Waals surface area contributed by atoms with Gasteiger partial charge in [0.15, 0.2) is 11.5 Å². The summed E-state index contributed by atoms with van der Waals surface area (Å²) < 4.78 is 31.0. The Morgan fingerprint density at radius 3 is 2.58 bits per heavy atom. The number of hydrogen-bond donors (Lipinski definition) is 0. The standard InChI is InChI=1S/C24H20ClFN2O3/c1-29-22-5-3-4-17(23(22)30-2)24-28-20(18-12-15(25)8-11-21(18)31-24)13-19(27-28)14-6-9-16(26)10-7-14/h3-12,20,24H,13H2,1-2H3. The quantitative estimate of drug-likeness (QED) is 0.521. The maximum Gasteiger partial charge on any atom is 0.217 e. The smallest absolute Gasteiger partial charge is 0.217 e. The fraction of sp³-hybridized carbons (Fsp3) is 0.208. The first-order valence-corrected chi connectivity index (χ1v) is 10.3. The largest absolute Gasteiger partial charge is 0.493 e. The minimum atomic E-state index is -0.526. The Morgan fingerprint density at radius 2 is 1.84 bits per heavy atom. The highest BCUT2D eigenvalue weighted by molar-refractivity contribution is 6.30. The lowest BCUT2D eigenvalue weighted by molar-refractivity contribution is -0.0205. The summed E-state index contributed by atoms with van der Waals surface area (Å²) >= 11 is 6.29. The third-order valence-corrected chi connectivity index (χ3v) is 5.86. The van der Waals surface area contributed by atoms with Gasteiger partial charge in [-0.1, -0.05) is 29.8 Å². The molecule has 2 aliphatic heterocycles. The van der Waals surface area contributed by atoms with Gasteiger partial charge in [0.25, 0.3) is 0 Å². The van der Waals surface area contributed by atoms with Crippen molar-refractivity contribution >= 4 is 17.3 Å². The third kappa shape index (κ3) is 3.37. The topological polar surface area (TPSA) is 43.3 Å². The minimum Gasteiger partial charge on any atom is -0.493 e. The molecule has 0 aromatic heterocycles. The summed E-state index contributed by atoms with van der Waals surface area (Å²) in [4.78, 5) is 0. The van der Waals surface area contributed by atoms with E-state index in [4.69, 9.17) is 30.9 Å². The molecule has 2 heterocycles. The van der Waals surface area contributed by atoms with Gasteiger partial charge in [0.05, 0.1) is 31.5 Å². The summed E-state index contributed by atoms with van der Waals surface area (Å²) in [7, 11) is 3.21. The SMILES string of the molecule is COc1cccc(C2Oc3ccc(Cl)cc3C3CC(c4ccc(F)cc4)=NN32)c1OC. The van der Waals surface area contributed by atoms with E-state index in [0.29, 0.717) is 22.9 Å². The fourth-order valence-corrected chi connectivity index (χ4v) is 4.37. The zero-order valence-corrected chi connectivity index (χ0v) is 17.8. The molecule has 0 fully saturated rings. The number of hydrogen-bond acceptors (Lipinski definition) is 5. The zero-order chi connectivity index (χ0) is 21.5. The summed E-state index contributed by atoms with van der Waals surface area (Å²) in [5, 5.41) is 7.45. The van der Waals surface area contributed by atoms with Crippen LogP contribution in [0.15, 0.2) is 65.8 Å². The van der Waals surface area contributed by atoms with Crippen LogP contribution in [0.4, 0.5) is 4.39 Å². The molecule has 0 aliphatic carbocycles. The highest BCUT2D eigenvalue weighted by Gasteiger charge is 2.42. The van der Waals surface area contributed by atoms with Crippen LogP contribution < -0.4 is 14.2 Å². The monoisotopic (exact) mass is 438 g/mol. The number of hydrazone groups is 1. The molecule has 5 nitrogen and oxygen atoms in total. The molecule has 3 aromatic carbocycles. The van der Waals surface area contributed by atoms with Crippen molar-refractivity contribution in [1.82, 2.24) is 5.01 Å². The summed E-state index contributed by atoms with van der Waals surface area (Å²) in [5.74, 6) is 1.68. The number of nitrogens with zero attached hydrogens (tertiary/aromatic N) is 2. The van der Waals surface area contributed by atoms with Crippen molar-refractivity contribution in [3.05, 3.63) is 88.2 Å². The van der Waals surface area contributed by atoms with Crippen molar-refractivity contribution in [3.8, 4) is 17.2 Å². The Morgan fingerprint density at radius 1 is 1.03 bits per heavy atom. The molecule has 0 amide bonds. The number of methoxy groups -OCH3 is 2. The summed E-state index contributed by atoms with van der Waals surface area (Å²) in [6.07, 6.45) is 0.118. The van der Waals surface area contributed by atoms with Crippen LogP contribution in [-0.2, 0) is 0 Å². The normalized spacial score (nSPS) is 19.2. The van der Waals surface area contributed by atoms with Gasteiger partial charge in [-0.15, -0.1) is 0 Å². The lowest BCUT2D eigenvalue weighted by atomic mass is 9.95. The molecular formula is C24H20ClFN2O3. The van der Waals surface area contributed by atoms with E-state index < -0.39 is 6.23 Å². The van der Waals surface area contributed by atoms with E-state index in [1.165, 1.54) is 12.1 Å². The minimum absolute atomic E-state index is 0.0802. The maximum absolute atomic E-state index is 13.4. The van der Waals surface area contributed by atoms with Gasteiger partial charge >= 0.3 is 0 Å². The second-order valence-corrected chi connectivity index (χ2v) is 7.83. The molecule has 7 heteroatoms. The summed E-state index contributed by atoms with van der Waals surface area (Å²) in [6.45, 7) is 0. The lowest BCUT2D eigenvalue weighted by Gasteiger charge is -2.38. The maximum atomic E-state index is 13.4. The first-order chi connectivity index (χ1) is 15.1. The summed E-state index contributed by atoms with van der Waals surface area (Å²) in [5.41, 5.74) is 3.49. The Bertz CT molecular complexity index is 1170. The summed E-state index contributed by atoms with van der Waals surface area (Å²) in [6, 6.07) is 17.6. The van der Waals surface area contributed by atoms with Crippen LogP contribution >= 0.6 is 11.6 Å². The highest BCUT2D eigenvalue weighted by Crippen LogP contribution is 2.50. The molecule has 5 rings (SSSR count). The second kappa shape index (κ2) is 7.78. The molecule has 158 valence electrons. The van der Waals surface area contributed by atoms with E-state index in [2.05, 4.69) is 0 Å². The second-order valence-electron chi connectivity index (χ2n) is 7.39. The Balaban J connectivity index is 1.64. The number of ether oxygens (including phenoxy) is 3. The fourth-order valence-electron chi connectivity index (χ4n) is 4.19. The molecule has 2 aliphatic rings. The first kappa shape index (κ1) is 19.7. The number of benzene rings is 3. The van der Waals surface area contributed by atoms with Gasteiger partial charge in [0.2, 0.25) is 6.23 Å². The number of para-hydroxylation sites is 1. The number of halogens is 2. The van der Waals surface area contributed by atoms with E-state index >= 15 is 0 Å². The average molecular weight is 439 g/mol. The number of fused-ring (bicyclic) bond motifs is 3. The van der Waals surface area contributed by atoms with Gasteiger partial charge in [-0.25, -0.2) is 9.40 Å². The Hall–Kier alpha value is -3.25. The van der Waals surface area contributed by atoms with Crippen molar-refractivity contribution < 1.29 is 18.6 Å². The number of rotatable bonds is 4. The van der Waals surface area contributed by atoms with Crippen LogP contribution in [0.25, 0.3) is 0 Å². The van der Waals surface area contributed by atoms with Gasteiger partial charge in [-0.3, -0.25) is 0 Å². The molecule has 31 heavy (non-hydrogen) atoms. The van der Waals surface area contributed by atoms with E-state index in [0.717, 1.165) is 28.2 Å². The van der Waals surface area contributed by atoms with E-state index in [9.17, 15) is 4.39 Å². The van der Waals surface area contributed by atoms with Crippen LogP contribution in [0, 0.1) is 5.82 Å². The third-order valence-electron chi connectivity index (χ3n) is 5.63. The van der Waals surface area contributed by atoms with Gasteiger partial charge in [0, 0.05) is 17.0 Å². The van der Waals surface area contributed by atoms with Crippen LogP contribution in [0.3, 0.4) is 0 Å². The molecule has 0 saturated heterocycles. The van der Waals surface area contributed by atoms with Gasteiger partial charge in [0.1, 0.15) is 11.6 Å². The van der Waals surface area contributed by atoms with Crippen molar-refractivity contribution in [2.45, 2.75) is 18.7 Å². The van der Waals surface area contributed by atoms with Crippen molar-refractivity contribution in [2.24, 2.45) is 5.10 Å².